The summed E-state index contributed by atoms with van der Waals surface area (Å²) in [4.78, 5) is 4.39. The van der Waals surface area contributed by atoms with Crippen molar-refractivity contribution in [3.63, 3.8) is 0 Å². The zero-order valence-electron chi connectivity index (χ0n) is 12.9. The second kappa shape index (κ2) is 7.88. The first-order chi connectivity index (χ1) is 9.49. The molecule has 0 heterocycles. The lowest BCUT2D eigenvalue weighted by Crippen LogP contribution is -2.33. The van der Waals surface area contributed by atoms with Crippen LogP contribution in [0.4, 0.5) is 5.69 Å². The van der Waals surface area contributed by atoms with Crippen molar-refractivity contribution in [3.8, 4) is 6.07 Å². The fourth-order valence-electron chi connectivity index (χ4n) is 2.18. The van der Waals surface area contributed by atoms with E-state index in [1.807, 2.05) is 26.2 Å². The van der Waals surface area contributed by atoms with Crippen molar-refractivity contribution in [2.24, 2.45) is 0 Å². The summed E-state index contributed by atoms with van der Waals surface area (Å²) in [7, 11) is 4.09. The maximum absolute atomic E-state index is 9.94. The third-order valence-corrected chi connectivity index (χ3v) is 3.26. The van der Waals surface area contributed by atoms with Gasteiger partial charge in [0.15, 0.2) is 0 Å². The highest BCUT2D eigenvalue weighted by Crippen LogP contribution is 2.27. The van der Waals surface area contributed by atoms with Crippen LogP contribution in [-0.4, -0.2) is 43.7 Å². The maximum atomic E-state index is 9.94. The lowest BCUT2D eigenvalue weighted by molar-refractivity contribution is 0.199. The fourth-order valence-corrected chi connectivity index (χ4v) is 2.18. The summed E-state index contributed by atoms with van der Waals surface area (Å²) < 4.78 is 0. The predicted molar refractivity (Wildman–Crippen MR) is 82.8 cm³/mol. The highest BCUT2D eigenvalue weighted by atomic mass is 16.3. The lowest BCUT2D eigenvalue weighted by atomic mass is 10.0. The van der Waals surface area contributed by atoms with Crippen molar-refractivity contribution in [3.05, 3.63) is 29.3 Å². The molecule has 0 bridgehead atoms. The average Bonchev–Trinajstić information content (AvgIpc) is 2.42. The lowest BCUT2D eigenvalue weighted by Gasteiger charge is -2.29. The van der Waals surface area contributed by atoms with E-state index in [0.29, 0.717) is 5.56 Å². The number of aliphatic hydroxyl groups excluding tert-OH is 1. The molecule has 4 heteroatoms. The van der Waals surface area contributed by atoms with E-state index < -0.39 is 6.10 Å². The molecule has 0 aliphatic carbocycles. The number of anilines is 1. The van der Waals surface area contributed by atoms with Gasteiger partial charge in [-0.15, -0.1) is 0 Å². The highest BCUT2D eigenvalue weighted by Gasteiger charge is 2.15. The molecule has 4 nitrogen and oxygen atoms in total. The van der Waals surface area contributed by atoms with Crippen LogP contribution < -0.4 is 4.90 Å². The molecule has 0 radical (unpaired) electrons. The van der Waals surface area contributed by atoms with E-state index >= 15 is 0 Å². The summed E-state index contributed by atoms with van der Waals surface area (Å²) in [5, 5.41) is 19.0. The first-order valence-corrected chi connectivity index (χ1v) is 7.11. The summed E-state index contributed by atoms with van der Waals surface area (Å²) in [6.45, 7) is 6.65. The van der Waals surface area contributed by atoms with Gasteiger partial charge in [-0.2, -0.15) is 5.26 Å². The molecule has 0 aromatic heterocycles. The fraction of sp³-hybridized carbons (Fsp3) is 0.562. The Bertz CT molecular complexity index is 463. The third-order valence-electron chi connectivity index (χ3n) is 3.26. The van der Waals surface area contributed by atoms with E-state index in [1.54, 1.807) is 13.0 Å². The quantitative estimate of drug-likeness (QED) is 0.830. The molecule has 0 amide bonds. The Labute approximate surface area is 122 Å². The number of nitrogens with zero attached hydrogens (tertiary/aromatic N) is 3. The average molecular weight is 275 g/mol. The molecular weight excluding hydrogens is 250 g/mol. The number of aliphatic hydroxyl groups is 1. The molecule has 0 spiro atoms. The topological polar surface area (TPSA) is 50.5 Å². The smallest absolute Gasteiger partial charge is 0.0992 e. The maximum Gasteiger partial charge on any atom is 0.0992 e. The number of rotatable bonds is 7. The molecule has 0 saturated carbocycles. The van der Waals surface area contributed by atoms with Gasteiger partial charge in [-0.1, -0.05) is 13.0 Å². The SMILES string of the molecule is CCCN(CCN(C)C)c1cc(C#N)ccc1[C@@H](C)O. The second-order valence-electron chi connectivity index (χ2n) is 5.35. The minimum absolute atomic E-state index is 0.531. The standard InChI is InChI=1S/C16H25N3O/c1-5-8-19(10-9-18(3)4)16-11-14(12-17)6-7-15(16)13(2)20/h6-7,11,13,20H,5,8-10H2,1-4H3/t13-/m1/s1. The Hall–Kier alpha value is -1.57. The minimum atomic E-state index is -0.531. The molecule has 1 atom stereocenters. The Kier molecular flexibility index (Phi) is 6.50. The third kappa shape index (κ3) is 4.52. The van der Waals surface area contributed by atoms with Crippen LogP contribution in [0.3, 0.4) is 0 Å². The number of hydrogen-bond acceptors (Lipinski definition) is 4. The molecule has 0 unspecified atom stereocenters. The molecule has 1 N–H and O–H groups in total. The zero-order valence-corrected chi connectivity index (χ0v) is 12.9. The van der Waals surface area contributed by atoms with Gasteiger partial charge >= 0.3 is 0 Å². The summed E-state index contributed by atoms with van der Waals surface area (Å²) in [6, 6.07) is 7.68. The largest absolute Gasteiger partial charge is 0.389 e. The monoisotopic (exact) mass is 275 g/mol. The minimum Gasteiger partial charge on any atom is -0.389 e. The van der Waals surface area contributed by atoms with Crippen molar-refractivity contribution in [2.45, 2.75) is 26.4 Å². The number of hydrogen-bond donors (Lipinski definition) is 1. The number of likely N-dealkylation sites (N-methyl/N-ethyl adjacent to an activating group) is 1. The zero-order chi connectivity index (χ0) is 15.1. The van der Waals surface area contributed by atoms with Crippen LogP contribution in [0, 0.1) is 11.3 Å². The van der Waals surface area contributed by atoms with E-state index in [4.69, 9.17) is 5.26 Å². The van der Waals surface area contributed by atoms with Crippen molar-refractivity contribution in [1.29, 1.82) is 5.26 Å². The van der Waals surface area contributed by atoms with Gasteiger partial charge in [-0.05, 0) is 39.6 Å². The van der Waals surface area contributed by atoms with E-state index in [9.17, 15) is 5.11 Å². The van der Waals surface area contributed by atoms with Gasteiger partial charge in [0.1, 0.15) is 0 Å². The van der Waals surface area contributed by atoms with E-state index in [-0.39, 0.29) is 0 Å². The van der Waals surface area contributed by atoms with Crippen molar-refractivity contribution in [2.75, 3.05) is 38.6 Å². The van der Waals surface area contributed by atoms with Gasteiger partial charge in [-0.3, -0.25) is 0 Å². The van der Waals surface area contributed by atoms with Gasteiger partial charge < -0.3 is 14.9 Å². The summed E-state index contributed by atoms with van der Waals surface area (Å²) >= 11 is 0. The van der Waals surface area contributed by atoms with Crippen LogP contribution in [0.2, 0.25) is 0 Å². The second-order valence-corrected chi connectivity index (χ2v) is 5.35. The van der Waals surface area contributed by atoms with Gasteiger partial charge in [0, 0.05) is 30.9 Å². The van der Waals surface area contributed by atoms with Crippen LogP contribution in [0.25, 0.3) is 0 Å². The first-order valence-electron chi connectivity index (χ1n) is 7.11. The van der Waals surface area contributed by atoms with Crippen LogP contribution in [0.1, 0.15) is 37.5 Å². The molecule has 110 valence electrons. The van der Waals surface area contributed by atoms with E-state index in [1.165, 1.54) is 0 Å². The Morgan fingerprint density at radius 1 is 1.25 bits per heavy atom. The molecule has 20 heavy (non-hydrogen) atoms. The van der Waals surface area contributed by atoms with Crippen molar-refractivity contribution in [1.82, 2.24) is 4.90 Å². The van der Waals surface area contributed by atoms with Gasteiger partial charge in [0.2, 0.25) is 0 Å². The van der Waals surface area contributed by atoms with Crippen LogP contribution in [0.5, 0.6) is 0 Å². The van der Waals surface area contributed by atoms with Crippen LogP contribution in [0.15, 0.2) is 18.2 Å². The summed E-state index contributed by atoms with van der Waals surface area (Å²) in [6.07, 6.45) is 0.500. The highest BCUT2D eigenvalue weighted by molar-refractivity contribution is 5.58. The molecule has 0 fully saturated rings. The van der Waals surface area contributed by atoms with Crippen molar-refractivity contribution < 1.29 is 5.11 Å². The molecule has 0 aliphatic rings. The Morgan fingerprint density at radius 2 is 1.95 bits per heavy atom. The molecule has 0 saturated heterocycles. The molecule has 1 aromatic rings. The van der Waals surface area contributed by atoms with Crippen LogP contribution >= 0.6 is 0 Å². The molecular formula is C16H25N3O. The van der Waals surface area contributed by atoms with E-state index in [2.05, 4.69) is 22.8 Å². The van der Waals surface area contributed by atoms with E-state index in [0.717, 1.165) is 37.3 Å². The summed E-state index contributed by atoms with van der Waals surface area (Å²) in [5.74, 6) is 0. The number of nitriles is 1. The van der Waals surface area contributed by atoms with Crippen LogP contribution in [-0.2, 0) is 0 Å². The Balaban J connectivity index is 3.11. The molecule has 1 rings (SSSR count). The number of benzene rings is 1. The van der Waals surface area contributed by atoms with Gasteiger partial charge in [-0.25, -0.2) is 0 Å². The van der Waals surface area contributed by atoms with Gasteiger partial charge in [0.05, 0.1) is 17.7 Å². The van der Waals surface area contributed by atoms with Crippen molar-refractivity contribution >= 4 is 5.69 Å². The summed E-state index contributed by atoms with van der Waals surface area (Å²) in [5.41, 5.74) is 2.49. The molecule has 1 aromatic carbocycles. The normalized spacial score (nSPS) is 12.2. The molecule has 0 aliphatic heterocycles. The Morgan fingerprint density at radius 3 is 2.45 bits per heavy atom. The first kappa shape index (κ1) is 16.5. The predicted octanol–water partition coefficient (Wildman–Crippen LogP) is 2.39. The van der Waals surface area contributed by atoms with Gasteiger partial charge in [0.25, 0.3) is 0 Å².